The number of hydrogen-bond donors (Lipinski definition) is 1. The predicted molar refractivity (Wildman–Crippen MR) is 74.2 cm³/mol. The summed E-state index contributed by atoms with van der Waals surface area (Å²) >= 11 is 0. The van der Waals surface area contributed by atoms with E-state index in [0.29, 0.717) is 11.8 Å². The van der Waals surface area contributed by atoms with Crippen LogP contribution < -0.4 is 5.32 Å². The maximum Gasteiger partial charge on any atom is 0.159 e. The quantitative estimate of drug-likeness (QED) is 0.805. The van der Waals surface area contributed by atoms with E-state index < -0.39 is 11.6 Å². The van der Waals surface area contributed by atoms with Crippen molar-refractivity contribution >= 4 is 0 Å². The van der Waals surface area contributed by atoms with Gasteiger partial charge >= 0.3 is 0 Å². The Labute approximate surface area is 114 Å². The zero-order valence-corrected chi connectivity index (χ0v) is 11.6. The molecule has 1 aromatic rings. The maximum atomic E-state index is 13.4. The van der Waals surface area contributed by atoms with Gasteiger partial charge in [0.05, 0.1) is 0 Å². The second-order valence-corrected chi connectivity index (χ2v) is 5.49. The van der Waals surface area contributed by atoms with Crippen molar-refractivity contribution in [1.29, 1.82) is 0 Å². The van der Waals surface area contributed by atoms with E-state index in [-0.39, 0.29) is 0 Å². The molecule has 1 aliphatic carbocycles. The highest BCUT2D eigenvalue weighted by Crippen LogP contribution is 2.36. The van der Waals surface area contributed by atoms with Gasteiger partial charge in [0.1, 0.15) is 0 Å². The minimum Gasteiger partial charge on any atom is -0.317 e. The van der Waals surface area contributed by atoms with Crippen molar-refractivity contribution in [2.24, 2.45) is 5.92 Å². The van der Waals surface area contributed by atoms with Gasteiger partial charge in [-0.2, -0.15) is 0 Å². The van der Waals surface area contributed by atoms with Crippen LogP contribution in [-0.4, -0.2) is 13.1 Å². The summed E-state index contributed by atoms with van der Waals surface area (Å²) < 4.78 is 26.5. The third-order valence-corrected chi connectivity index (χ3v) is 4.19. The smallest absolute Gasteiger partial charge is 0.159 e. The van der Waals surface area contributed by atoms with E-state index in [0.717, 1.165) is 25.1 Å². The highest BCUT2D eigenvalue weighted by atomic mass is 19.2. The van der Waals surface area contributed by atoms with Crippen molar-refractivity contribution < 1.29 is 8.78 Å². The van der Waals surface area contributed by atoms with Gasteiger partial charge < -0.3 is 5.32 Å². The van der Waals surface area contributed by atoms with Crippen molar-refractivity contribution in [2.75, 3.05) is 13.1 Å². The van der Waals surface area contributed by atoms with Crippen LogP contribution in [0.1, 0.15) is 50.5 Å². The fourth-order valence-corrected chi connectivity index (χ4v) is 3.14. The largest absolute Gasteiger partial charge is 0.317 e. The van der Waals surface area contributed by atoms with Gasteiger partial charge in [-0.05, 0) is 55.5 Å². The van der Waals surface area contributed by atoms with Crippen LogP contribution in [0.15, 0.2) is 18.2 Å². The molecule has 0 saturated heterocycles. The average Bonchev–Trinajstić information content (AvgIpc) is 2.65. The average molecular weight is 267 g/mol. The predicted octanol–water partition coefficient (Wildman–Crippen LogP) is 4.24. The molecule has 1 aromatic carbocycles. The molecular weight excluding hydrogens is 244 g/mol. The zero-order valence-electron chi connectivity index (χ0n) is 11.6. The zero-order chi connectivity index (χ0) is 13.7. The Hall–Kier alpha value is -0.960. The second kappa shape index (κ2) is 6.99. The van der Waals surface area contributed by atoms with Gasteiger partial charge in [-0.1, -0.05) is 32.3 Å². The third kappa shape index (κ3) is 3.75. The highest BCUT2D eigenvalue weighted by molar-refractivity contribution is 5.23. The molecule has 0 spiro atoms. The topological polar surface area (TPSA) is 12.0 Å². The molecule has 2 unspecified atom stereocenters. The molecule has 1 nitrogen and oxygen atoms in total. The molecule has 1 aliphatic rings. The second-order valence-electron chi connectivity index (χ2n) is 5.49. The van der Waals surface area contributed by atoms with Crippen molar-refractivity contribution in [3.05, 3.63) is 35.4 Å². The summed E-state index contributed by atoms with van der Waals surface area (Å²) in [5, 5.41) is 3.40. The van der Waals surface area contributed by atoms with Gasteiger partial charge in [-0.15, -0.1) is 0 Å². The van der Waals surface area contributed by atoms with Crippen LogP contribution in [0, 0.1) is 17.6 Å². The first kappa shape index (κ1) is 14.4. The first-order valence-corrected chi connectivity index (χ1v) is 7.38. The molecule has 0 aliphatic heterocycles. The van der Waals surface area contributed by atoms with Crippen LogP contribution in [0.4, 0.5) is 8.78 Å². The monoisotopic (exact) mass is 267 g/mol. The summed E-state index contributed by atoms with van der Waals surface area (Å²) in [6.07, 6.45) is 5.95. The SMILES string of the molecule is CCNCC1CCCCCC1c1ccc(F)c(F)c1. The fraction of sp³-hybridized carbons (Fsp3) is 0.625. The molecule has 0 heterocycles. The Morgan fingerprint density at radius 3 is 2.63 bits per heavy atom. The summed E-state index contributed by atoms with van der Waals surface area (Å²) in [7, 11) is 0. The number of rotatable bonds is 4. The maximum absolute atomic E-state index is 13.4. The normalized spacial score (nSPS) is 24.2. The van der Waals surface area contributed by atoms with Crippen molar-refractivity contribution in [2.45, 2.75) is 44.9 Å². The van der Waals surface area contributed by atoms with Gasteiger partial charge in [-0.3, -0.25) is 0 Å². The van der Waals surface area contributed by atoms with E-state index in [1.54, 1.807) is 6.07 Å². The van der Waals surface area contributed by atoms with Gasteiger partial charge in [-0.25, -0.2) is 8.78 Å². The van der Waals surface area contributed by atoms with Crippen LogP contribution in [0.25, 0.3) is 0 Å². The standard InChI is InChI=1S/C16H23F2N/c1-2-19-11-13-6-4-3-5-7-14(13)12-8-9-15(17)16(18)10-12/h8-10,13-14,19H,2-7,11H2,1H3. The summed E-state index contributed by atoms with van der Waals surface area (Å²) in [6, 6.07) is 4.41. The first-order chi connectivity index (χ1) is 9.22. The fourth-order valence-electron chi connectivity index (χ4n) is 3.14. The van der Waals surface area contributed by atoms with E-state index in [2.05, 4.69) is 12.2 Å². The summed E-state index contributed by atoms with van der Waals surface area (Å²) in [5.41, 5.74) is 0.962. The molecule has 3 heteroatoms. The van der Waals surface area contributed by atoms with Crippen molar-refractivity contribution in [1.82, 2.24) is 5.32 Å². The molecule has 2 rings (SSSR count). The van der Waals surface area contributed by atoms with Gasteiger partial charge in [0, 0.05) is 0 Å². The Balaban J connectivity index is 2.18. The van der Waals surface area contributed by atoms with Crippen LogP contribution in [0.2, 0.25) is 0 Å². The van der Waals surface area contributed by atoms with Crippen molar-refractivity contribution in [3.63, 3.8) is 0 Å². The molecule has 2 atom stereocenters. The summed E-state index contributed by atoms with van der Waals surface area (Å²) in [5.74, 6) is -0.575. The Morgan fingerprint density at radius 1 is 1.11 bits per heavy atom. The molecule has 106 valence electrons. The molecule has 0 bridgehead atoms. The molecule has 1 saturated carbocycles. The Kier molecular flexibility index (Phi) is 5.32. The van der Waals surface area contributed by atoms with Crippen LogP contribution in [0.3, 0.4) is 0 Å². The Morgan fingerprint density at radius 2 is 1.89 bits per heavy atom. The molecule has 1 N–H and O–H groups in total. The summed E-state index contributed by atoms with van der Waals surface area (Å²) in [6.45, 7) is 4.03. The highest BCUT2D eigenvalue weighted by Gasteiger charge is 2.25. The van der Waals surface area contributed by atoms with Gasteiger partial charge in [0.25, 0.3) is 0 Å². The number of benzene rings is 1. The van der Waals surface area contributed by atoms with E-state index >= 15 is 0 Å². The van der Waals surface area contributed by atoms with E-state index in [9.17, 15) is 8.78 Å². The van der Waals surface area contributed by atoms with E-state index in [4.69, 9.17) is 0 Å². The lowest BCUT2D eigenvalue weighted by Gasteiger charge is -2.26. The van der Waals surface area contributed by atoms with Crippen LogP contribution in [0.5, 0.6) is 0 Å². The minimum atomic E-state index is -0.749. The van der Waals surface area contributed by atoms with Gasteiger partial charge in [0.15, 0.2) is 11.6 Å². The molecule has 0 aromatic heterocycles. The number of nitrogens with one attached hydrogen (secondary N) is 1. The number of hydrogen-bond acceptors (Lipinski definition) is 1. The minimum absolute atomic E-state index is 0.358. The first-order valence-electron chi connectivity index (χ1n) is 7.38. The molecular formula is C16H23F2N. The van der Waals surface area contributed by atoms with E-state index in [1.165, 1.54) is 37.8 Å². The molecule has 19 heavy (non-hydrogen) atoms. The van der Waals surface area contributed by atoms with Crippen LogP contribution in [-0.2, 0) is 0 Å². The molecule has 0 radical (unpaired) electrons. The van der Waals surface area contributed by atoms with Crippen LogP contribution >= 0.6 is 0 Å². The lowest BCUT2D eigenvalue weighted by atomic mass is 9.82. The third-order valence-electron chi connectivity index (χ3n) is 4.19. The molecule has 0 amide bonds. The Bertz CT molecular complexity index is 406. The number of halogens is 2. The lowest BCUT2D eigenvalue weighted by Crippen LogP contribution is -2.26. The van der Waals surface area contributed by atoms with E-state index in [1.807, 2.05) is 0 Å². The molecule has 1 fully saturated rings. The van der Waals surface area contributed by atoms with Gasteiger partial charge in [0.2, 0.25) is 0 Å². The lowest BCUT2D eigenvalue weighted by molar-refractivity contribution is 0.377. The summed E-state index contributed by atoms with van der Waals surface area (Å²) in [4.78, 5) is 0. The van der Waals surface area contributed by atoms with Crippen molar-refractivity contribution in [3.8, 4) is 0 Å².